The summed E-state index contributed by atoms with van der Waals surface area (Å²) in [7, 11) is 1.29. The molecule has 0 unspecified atom stereocenters. The number of anilines is 1. The summed E-state index contributed by atoms with van der Waals surface area (Å²) in [6.45, 7) is 0.497. The molecule has 0 atom stereocenters. The number of carbonyl (C=O) groups is 2. The average molecular weight is 392 g/mol. The van der Waals surface area contributed by atoms with E-state index in [1.165, 1.54) is 7.11 Å². The summed E-state index contributed by atoms with van der Waals surface area (Å²) in [5.41, 5.74) is 3.43. The van der Waals surface area contributed by atoms with Gasteiger partial charge in [-0.2, -0.15) is 0 Å². The van der Waals surface area contributed by atoms with Gasteiger partial charge >= 0.3 is 12.1 Å². The molecule has 8 nitrogen and oxygen atoms in total. The number of carbonyl (C=O) groups excluding carboxylic acids is 2. The molecule has 0 saturated heterocycles. The van der Waals surface area contributed by atoms with Crippen molar-refractivity contribution in [2.45, 2.75) is 13.0 Å². The van der Waals surface area contributed by atoms with E-state index < -0.39 is 6.09 Å². The van der Waals surface area contributed by atoms with Crippen LogP contribution in [0.2, 0.25) is 0 Å². The van der Waals surface area contributed by atoms with Gasteiger partial charge in [0.1, 0.15) is 6.61 Å². The van der Waals surface area contributed by atoms with E-state index in [-0.39, 0.29) is 19.0 Å². The largest absolute Gasteiger partial charge is 0.464 e. The molecule has 0 bridgehead atoms. The van der Waals surface area contributed by atoms with E-state index in [9.17, 15) is 9.59 Å². The first kappa shape index (κ1) is 18.5. The van der Waals surface area contributed by atoms with Crippen LogP contribution in [0.3, 0.4) is 0 Å². The second kappa shape index (κ2) is 8.05. The second-order valence-corrected chi connectivity index (χ2v) is 6.45. The van der Waals surface area contributed by atoms with Crippen LogP contribution in [0.1, 0.15) is 5.56 Å². The standard InChI is InChI=1S/C21H20N4O4/c1-28-21(27)24-20-23-17-8-4-5-9-18(17)25(20)10-11-29-19(26)12-14-13-22-16-7-3-2-6-15(14)16/h2-9,13,22H,10-12H2,1H3,(H,23,24,27). The molecule has 0 aliphatic carbocycles. The number of aromatic amines is 1. The number of nitrogens with one attached hydrogen (secondary N) is 2. The number of methoxy groups -OCH3 is 1. The molecule has 4 rings (SSSR count). The van der Waals surface area contributed by atoms with Crippen molar-refractivity contribution in [2.75, 3.05) is 19.0 Å². The zero-order valence-electron chi connectivity index (χ0n) is 15.8. The van der Waals surface area contributed by atoms with Crippen LogP contribution < -0.4 is 5.32 Å². The van der Waals surface area contributed by atoms with Crippen molar-refractivity contribution >= 4 is 39.9 Å². The van der Waals surface area contributed by atoms with Gasteiger partial charge in [0.05, 0.1) is 31.1 Å². The number of rotatable bonds is 6. The van der Waals surface area contributed by atoms with Gasteiger partial charge in [-0.3, -0.25) is 10.1 Å². The number of esters is 1. The van der Waals surface area contributed by atoms with Crippen molar-refractivity contribution in [1.29, 1.82) is 0 Å². The summed E-state index contributed by atoms with van der Waals surface area (Å²) in [4.78, 5) is 31.5. The van der Waals surface area contributed by atoms with Gasteiger partial charge in [-0.25, -0.2) is 9.78 Å². The zero-order valence-corrected chi connectivity index (χ0v) is 15.8. The highest BCUT2D eigenvalue weighted by Gasteiger charge is 2.14. The summed E-state index contributed by atoms with van der Waals surface area (Å²) in [5, 5.41) is 3.60. The van der Waals surface area contributed by atoms with E-state index in [0.29, 0.717) is 12.5 Å². The molecule has 0 fully saturated rings. The number of nitrogens with zero attached hydrogens (tertiary/aromatic N) is 2. The fourth-order valence-corrected chi connectivity index (χ4v) is 3.27. The third-order valence-corrected chi connectivity index (χ3v) is 4.64. The predicted octanol–water partition coefficient (Wildman–Crippen LogP) is 3.48. The number of hydrogen-bond donors (Lipinski definition) is 2. The Bertz CT molecular complexity index is 1180. The molecule has 29 heavy (non-hydrogen) atoms. The fourth-order valence-electron chi connectivity index (χ4n) is 3.27. The minimum absolute atomic E-state index is 0.150. The lowest BCUT2D eigenvalue weighted by molar-refractivity contribution is -0.143. The van der Waals surface area contributed by atoms with Gasteiger partial charge in [-0.1, -0.05) is 30.3 Å². The number of benzene rings is 2. The molecule has 2 heterocycles. The molecule has 0 aliphatic rings. The van der Waals surface area contributed by atoms with E-state index in [1.54, 1.807) is 4.57 Å². The minimum Gasteiger partial charge on any atom is -0.464 e. The molecule has 2 aromatic heterocycles. The summed E-state index contributed by atoms with van der Waals surface area (Å²) < 4.78 is 11.9. The van der Waals surface area contributed by atoms with E-state index in [0.717, 1.165) is 27.5 Å². The third kappa shape index (κ3) is 3.91. The third-order valence-electron chi connectivity index (χ3n) is 4.64. The molecular formula is C21H20N4O4. The summed E-state index contributed by atoms with van der Waals surface area (Å²) in [6, 6.07) is 15.3. The Morgan fingerprint density at radius 1 is 1.14 bits per heavy atom. The lowest BCUT2D eigenvalue weighted by Crippen LogP contribution is -2.18. The number of imidazole rings is 1. The summed E-state index contributed by atoms with van der Waals surface area (Å²) in [6.07, 6.45) is 1.40. The van der Waals surface area contributed by atoms with Crippen LogP contribution in [0.25, 0.3) is 21.9 Å². The summed E-state index contributed by atoms with van der Waals surface area (Å²) in [5.74, 6) is 0.0207. The molecule has 0 radical (unpaired) electrons. The predicted molar refractivity (Wildman–Crippen MR) is 109 cm³/mol. The number of fused-ring (bicyclic) bond motifs is 2. The van der Waals surface area contributed by atoms with Crippen LogP contribution in [0.4, 0.5) is 10.7 Å². The van der Waals surface area contributed by atoms with Crippen molar-refractivity contribution < 1.29 is 19.1 Å². The maximum Gasteiger partial charge on any atom is 0.413 e. The van der Waals surface area contributed by atoms with Gasteiger partial charge in [0.15, 0.2) is 0 Å². The van der Waals surface area contributed by atoms with E-state index >= 15 is 0 Å². The Hall–Kier alpha value is -3.81. The fraction of sp³-hybridized carbons (Fsp3) is 0.190. The van der Waals surface area contributed by atoms with Gasteiger partial charge in [0.25, 0.3) is 0 Å². The van der Waals surface area contributed by atoms with Crippen LogP contribution in [0, 0.1) is 0 Å². The molecule has 2 N–H and O–H groups in total. The van der Waals surface area contributed by atoms with Crippen molar-refractivity contribution in [3.8, 4) is 0 Å². The normalized spacial score (nSPS) is 10.9. The van der Waals surface area contributed by atoms with Gasteiger partial charge in [0.2, 0.25) is 5.95 Å². The van der Waals surface area contributed by atoms with Crippen LogP contribution in [0.5, 0.6) is 0 Å². The number of aromatic nitrogens is 3. The van der Waals surface area contributed by atoms with E-state index in [1.807, 2.05) is 54.7 Å². The molecule has 4 aromatic rings. The maximum absolute atomic E-state index is 12.3. The Balaban J connectivity index is 1.43. The highest BCUT2D eigenvalue weighted by molar-refractivity contribution is 5.88. The van der Waals surface area contributed by atoms with Gasteiger partial charge in [-0.05, 0) is 23.8 Å². The number of ether oxygens (including phenoxy) is 2. The lowest BCUT2D eigenvalue weighted by Gasteiger charge is -2.10. The molecule has 8 heteroatoms. The second-order valence-electron chi connectivity index (χ2n) is 6.45. The Kier molecular flexibility index (Phi) is 5.15. The van der Waals surface area contributed by atoms with Gasteiger partial charge < -0.3 is 19.0 Å². The Morgan fingerprint density at radius 2 is 1.93 bits per heavy atom. The van der Waals surface area contributed by atoms with E-state index in [2.05, 4.69) is 20.0 Å². The highest BCUT2D eigenvalue weighted by Crippen LogP contribution is 2.20. The van der Waals surface area contributed by atoms with Crippen LogP contribution >= 0.6 is 0 Å². The van der Waals surface area contributed by atoms with Gasteiger partial charge in [0, 0.05) is 17.1 Å². The van der Waals surface area contributed by atoms with Crippen molar-refractivity contribution in [1.82, 2.24) is 14.5 Å². The molecule has 2 aromatic carbocycles. The van der Waals surface area contributed by atoms with Crippen LogP contribution in [-0.2, 0) is 27.2 Å². The van der Waals surface area contributed by atoms with Crippen molar-refractivity contribution in [3.05, 3.63) is 60.3 Å². The lowest BCUT2D eigenvalue weighted by atomic mass is 10.1. The summed E-state index contributed by atoms with van der Waals surface area (Å²) >= 11 is 0. The first-order chi connectivity index (χ1) is 14.2. The molecule has 0 saturated carbocycles. The first-order valence-corrected chi connectivity index (χ1v) is 9.16. The SMILES string of the molecule is COC(=O)Nc1nc2ccccc2n1CCOC(=O)Cc1c[nH]c2ccccc12. The minimum atomic E-state index is -0.613. The average Bonchev–Trinajstić information content (AvgIpc) is 3.29. The smallest absolute Gasteiger partial charge is 0.413 e. The van der Waals surface area contributed by atoms with Crippen molar-refractivity contribution in [2.24, 2.45) is 0 Å². The molecule has 1 amide bonds. The quantitative estimate of drug-likeness (QED) is 0.490. The molecule has 148 valence electrons. The number of hydrogen-bond acceptors (Lipinski definition) is 5. The molecule has 0 aliphatic heterocycles. The molecule has 0 spiro atoms. The topological polar surface area (TPSA) is 98.2 Å². The number of para-hydroxylation sites is 3. The first-order valence-electron chi connectivity index (χ1n) is 9.16. The zero-order chi connectivity index (χ0) is 20.2. The van der Waals surface area contributed by atoms with Crippen LogP contribution in [-0.4, -0.2) is 40.3 Å². The highest BCUT2D eigenvalue weighted by atomic mass is 16.5. The number of H-pyrrole nitrogens is 1. The Labute approximate surface area is 166 Å². The van der Waals surface area contributed by atoms with Gasteiger partial charge in [-0.15, -0.1) is 0 Å². The van der Waals surface area contributed by atoms with Crippen molar-refractivity contribution in [3.63, 3.8) is 0 Å². The van der Waals surface area contributed by atoms with Crippen LogP contribution in [0.15, 0.2) is 54.7 Å². The maximum atomic E-state index is 12.3. The van der Waals surface area contributed by atoms with E-state index in [4.69, 9.17) is 4.74 Å². The number of amides is 1. The Morgan fingerprint density at radius 3 is 2.79 bits per heavy atom. The molecular weight excluding hydrogens is 372 g/mol. The monoisotopic (exact) mass is 392 g/mol.